The standard InChI is InChI=1S/C19H26N2O5S/c1-25-18(23)15(10-12-27-2)20-17(22)16-9-6-11-21(16)19(24)26-13-14-7-4-3-5-8-14/h3-5,7-8,15-16H,6,9-13H2,1-2H3,(H,20,22). The average molecular weight is 394 g/mol. The molecule has 148 valence electrons. The zero-order chi connectivity index (χ0) is 19.6. The van der Waals surface area contributed by atoms with E-state index in [1.807, 2.05) is 36.6 Å². The van der Waals surface area contributed by atoms with Crippen molar-refractivity contribution in [1.29, 1.82) is 0 Å². The third-order valence-corrected chi connectivity index (χ3v) is 5.05. The lowest BCUT2D eigenvalue weighted by molar-refractivity contribution is -0.145. The van der Waals surface area contributed by atoms with Gasteiger partial charge in [0.2, 0.25) is 5.91 Å². The van der Waals surface area contributed by atoms with Crippen LogP contribution in [0.1, 0.15) is 24.8 Å². The summed E-state index contributed by atoms with van der Waals surface area (Å²) in [5, 5.41) is 2.73. The first kappa shape index (κ1) is 21.1. The van der Waals surface area contributed by atoms with E-state index in [2.05, 4.69) is 5.32 Å². The molecule has 1 aromatic rings. The van der Waals surface area contributed by atoms with Crippen molar-refractivity contribution < 1.29 is 23.9 Å². The van der Waals surface area contributed by atoms with Crippen LogP contribution in [0.4, 0.5) is 4.79 Å². The number of esters is 1. The van der Waals surface area contributed by atoms with Gasteiger partial charge < -0.3 is 14.8 Å². The lowest BCUT2D eigenvalue weighted by Gasteiger charge is -2.25. The Morgan fingerprint density at radius 2 is 2.04 bits per heavy atom. The number of benzene rings is 1. The number of hydrogen-bond donors (Lipinski definition) is 1. The fourth-order valence-corrected chi connectivity index (χ4v) is 3.43. The molecule has 2 rings (SSSR count). The number of methoxy groups -OCH3 is 1. The largest absolute Gasteiger partial charge is 0.467 e. The predicted molar refractivity (Wildman–Crippen MR) is 103 cm³/mol. The van der Waals surface area contributed by atoms with Crippen molar-refractivity contribution in [2.45, 2.75) is 38.0 Å². The molecule has 0 radical (unpaired) electrons. The lowest BCUT2D eigenvalue weighted by Crippen LogP contribution is -2.51. The molecule has 27 heavy (non-hydrogen) atoms. The summed E-state index contributed by atoms with van der Waals surface area (Å²) in [7, 11) is 1.30. The summed E-state index contributed by atoms with van der Waals surface area (Å²) in [6, 6.07) is 8.03. The molecule has 1 fully saturated rings. The highest BCUT2D eigenvalue weighted by molar-refractivity contribution is 7.98. The van der Waals surface area contributed by atoms with Crippen molar-refractivity contribution in [2.75, 3.05) is 25.7 Å². The molecular weight excluding hydrogens is 368 g/mol. The highest BCUT2D eigenvalue weighted by Gasteiger charge is 2.36. The minimum absolute atomic E-state index is 0.156. The Balaban J connectivity index is 1.93. The van der Waals surface area contributed by atoms with E-state index >= 15 is 0 Å². The maximum atomic E-state index is 12.7. The molecule has 2 unspecified atom stereocenters. The molecule has 1 aromatic carbocycles. The highest BCUT2D eigenvalue weighted by atomic mass is 32.2. The fraction of sp³-hybridized carbons (Fsp3) is 0.526. The summed E-state index contributed by atoms with van der Waals surface area (Å²) in [4.78, 5) is 38.4. The lowest BCUT2D eigenvalue weighted by atomic mass is 10.1. The van der Waals surface area contributed by atoms with Crippen LogP contribution in [0, 0.1) is 0 Å². The highest BCUT2D eigenvalue weighted by Crippen LogP contribution is 2.19. The zero-order valence-corrected chi connectivity index (χ0v) is 16.5. The molecule has 0 spiro atoms. The van der Waals surface area contributed by atoms with Crippen LogP contribution in [-0.2, 0) is 25.7 Å². The van der Waals surface area contributed by atoms with E-state index in [1.165, 1.54) is 12.0 Å². The van der Waals surface area contributed by atoms with E-state index < -0.39 is 24.1 Å². The van der Waals surface area contributed by atoms with Crippen LogP contribution < -0.4 is 5.32 Å². The van der Waals surface area contributed by atoms with E-state index in [0.29, 0.717) is 31.6 Å². The van der Waals surface area contributed by atoms with Crippen LogP contribution >= 0.6 is 11.8 Å². The van der Waals surface area contributed by atoms with Gasteiger partial charge in [0.1, 0.15) is 18.7 Å². The SMILES string of the molecule is COC(=O)C(CCSC)NC(=O)C1CCCN1C(=O)OCc1ccccc1. The number of ether oxygens (including phenoxy) is 2. The first-order valence-electron chi connectivity index (χ1n) is 8.91. The van der Waals surface area contributed by atoms with E-state index in [0.717, 1.165) is 5.56 Å². The Morgan fingerprint density at radius 1 is 1.30 bits per heavy atom. The number of rotatable bonds is 8. The maximum Gasteiger partial charge on any atom is 0.410 e. The van der Waals surface area contributed by atoms with Crippen LogP contribution in [0.15, 0.2) is 30.3 Å². The number of amides is 2. The summed E-state index contributed by atoms with van der Waals surface area (Å²) in [6.45, 7) is 0.614. The molecule has 0 aromatic heterocycles. The molecule has 1 aliphatic rings. The second kappa shape index (κ2) is 10.8. The van der Waals surface area contributed by atoms with Gasteiger partial charge >= 0.3 is 12.1 Å². The van der Waals surface area contributed by atoms with E-state index in [4.69, 9.17) is 9.47 Å². The van der Waals surface area contributed by atoms with Gasteiger partial charge in [0.05, 0.1) is 7.11 Å². The smallest absolute Gasteiger partial charge is 0.410 e. The minimum Gasteiger partial charge on any atom is -0.467 e. The number of thioether (sulfide) groups is 1. The number of carbonyl (C=O) groups excluding carboxylic acids is 3. The Bertz CT molecular complexity index is 640. The minimum atomic E-state index is -0.710. The summed E-state index contributed by atoms with van der Waals surface area (Å²) in [5.74, 6) is -0.109. The number of hydrogen-bond acceptors (Lipinski definition) is 6. The molecule has 0 saturated carbocycles. The maximum absolute atomic E-state index is 12.7. The number of likely N-dealkylation sites (tertiary alicyclic amines) is 1. The molecule has 0 aliphatic carbocycles. The quantitative estimate of drug-likeness (QED) is 0.681. The van der Waals surface area contributed by atoms with Crippen LogP contribution in [0.5, 0.6) is 0 Å². The van der Waals surface area contributed by atoms with E-state index in [1.54, 1.807) is 11.8 Å². The topological polar surface area (TPSA) is 84.9 Å². The molecule has 1 aliphatic heterocycles. The Labute approximate surface area is 163 Å². The van der Waals surface area contributed by atoms with Gasteiger partial charge in [-0.1, -0.05) is 30.3 Å². The number of carbonyl (C=O) groups is 3. The van der Waals surface area contributed by atoms with Crippen LogP contribution in [0.2, 0.25) is 0 Å². The molecule has 1 saturated heterocycles. The summed E-state index contributed by atoms with van der Waals surface area (Å²) >= 11 is 1.58. The third-order valence-electron chi connectivity index (χ3n) is 4.41. The van der Waals surface area contributed by atoms with Gasteiger partial charge in [-0.2, -0.15) is 11.8 Å². The van der Waals surface area contributed by atoms with Gasteiger partial charge in [-0.25, -0.2) is 9.59 Å². The monoisotopic (exact) mass is 394 g/mol. The molecule has 8 heteroatoms. The van der Waals surface area contributed by atoms with Crippen LogP contribution in [-0.4, -0.2) is 60.6 Å². The Kier molecular flexibility index (Phi) is 8.44. The average Bonchev–Trinajstić information content (AvgIpc) is 3.19. The van der Waals surface area contributed by atoms with Crippen molar-refractivity contribution in [3.63, 3.8) is 0 Å². The van der Waals surface area contributed by atoms with Crippen LogP contribution in [0.25, 0.3) is 0 Å². The van der Waals surface area contributed by atoms with Gasteiger partial charge in [0.25, 0.3) is 0 Å². The van der Waals surface area contributed by atoms with Gasteiger partial charge in [-0.15, -0.1) is 0 Å². The van der Waals surface area contributed by atoms with E-state index in [9.17, 15) is 14.4 Å². The summed E-state index contributed by atoms with van der Waals surface area (Å²) < 4.78 is 10.1. The van der Waals surface area contributed by atoms with Gasteiger partial charge in [-0.3, -0.25) is 9.69 Å². The normalized spacial score (nSPS) is 17.3. The fourth-order valence-electron chi connectivity index (χ4n) is 2.95. The first-order valence-corrected chi connectivity index (χ1v) is 10.3. The van der Waals surface area contributed by atoms with Crippen molar-refractivity contribution in [2.24, 2.45) is 0 Å². The Hall–Kier alpha value is -2.22. The summed E-state index contributed by atoms with van der Waals surface area (Å²) in [6.07, 6.45) is 3.15. The molecule has 1 heterocycles. The second-order valence-corrected chi connectivity index (χ2v) is 7.24. The predicted octanol–water partition coefficient (Wildman–Crippen LogP) is 2.20. The third kappa shape index (κ3) is 6.16. The van der Waals surface area contributed by atoms with Crippen molar-refractivity contribution in [1.82, 2.24) is 10.2 Å². The Morgan fingerprint density at radius 3 is 2.70 bits per heavy atom. The molecule has 2 atom stereocenters. The molecule has 2 amide bonds. The van der Waals surface area contributed by atoms with E-state index in [-0.39, 0.29) is 12.5 Å². The van der Waals surface area contributed by atoms with Gasteiger partial charge in [0, 0.05) is 6.54 Å². The zero-order valence-electron chi connectivity index (χ0n) is 15.7. The molecular formula is C19H26N2O5S. The van der Waals surface area contributed by atoms with Crippen molar-refractivity contribution in [3.05, 3.63) is 35.9 Å². The van der Waals surface area contributed by atoms with Crippen molar-refractivity contribution in [3.8, 4) is 0 Å². The number of nitrogens with one attached hydrogen (secondary N) is 1. The number of nitrogens with zero attached hydrogens (tertiary/aromatic N) is 1. The van der Waals surface area contributed by atoms with Crippen molar-refractivity contribution >= 4 is 29.7 Å². The molecule has 0 bridgehead atoms. The van der Waals surface area contributed by atoms with Crippen LogP contribution in [0.3, 0.4) is 0 Å². The molecule has 7 nitrogen and oxygen atoms in total. The molecule has 1 N–H and O–H groups in total. The van der Waals surface area contributed by atoms with Gasteiger partial charge in [0.15, 0.2) is 0 Å². The second-order valence-electron chi connectivity index (χ2n) is 6.26. The van der Waals surface area contributed by atoms with Gasteiger partial charge in [-0.05, 0) is 36.8 Å². The summed E-state index contributed by atoms with van der Waals surface area (Å²) in [5.41, 5.74) is 0.883. The first-order chi connectivity index (χ1) is 13.1.